The summed E-state index contributed by atoms with van der Waals surface area (Å²) in [6.07, 6.45) is 11.0. The van der Waals surface area contributed by atoms with Gasteiger partial charge in [-0.2, -0.15) is 10.5 Å². The Balaban J connectivity index is 0.000000151. The molecule has 2 nitrogen and oxygen atoms in total. The highest BCUT2D eigenvalue weighted by molar-refractivity contribution is 4.85. The highest BCUT2D eigenvalue weighted by Gasteiger charge is 2.12. The van der Waals surface area contributed by atoms with Crippen molar-refractivity contribution in [3.8, 4) is 12.1 Å². The van der Waals surface area contributed by atoms with E-state index in [-0.39, 0.29) is 0 Å². The van der Waals surface area contributed by atoms with Crippen LogP contribution in [0, 0.1) is 34.5 Å². The van der Waals surface area contributed by atoms with E-state index in [1.807, 2.05) is 0 Å². The first kappa shape index (κ1) is 12.1. The third-order valence-corrected chi connectivity index (χ3v) is 3.33. The third-order valence-electron chi connectivity index (χ3n) is 3.33. The van der Waals surface area contributed by atoms with Gasteiger partial charge >= 0.3 is 0 Å². The van der Waals surface area contributed by atoms with Crippen LogP contribution in [0.2, 0.25) is 0 Å². The minimum absolute atomic E-state index is 0.392. The molecule has 2 aliphatic rings. The van der Waals surface area contributed by atoms with Gasteiger partial charge in [-0.25, -0.2) is 0 Å². The summed E-state index contributed by atoms with van der Waals surface area (Å²) in [5.74, 6) is 0.795. The van der Waals surface area contributed by atoms with Gasteiger partial charge in [0.2, 0.25) is 0 Å². The molecule has 0 radical (unpaired) electrons. The third kappa shape index (κ3) is 4.84. The molecule has 0 saturated heterocycles. The van der Waals surface area contributed by atoms with E-state index in [1.165, 1.54) is 32.1 Å². The second-order valence-electron chi connectivity index (χ2n) is 4.57. The highest BCUT2D eigenvalue weighted by atomic mass is 14.3. The van der Waals surface area contributed by atoms with Crippen LogP contribution in [0.1, 0.15) is 57.8 Å². The molecule has 15 heavy (non-hydrogen) atoms. The SMILES string of the molecule is N#CC1CCCC1.N#CC1CCCCC1. The molecule has 0 aromatic rings. The molecule has 2 fully saturated rings. The summed E-state index contributed by atoms with van der Waals surface area (Å²) in [5, 5.41) is 16.8. The second-order valence-corrected chi connectivity index (χ2v) is 4.57. The van der Waals surface area contributed by atoms with Crippen molar-refractivity contribution in [2.75, 3.05) is 0 Å². The monoisotopic (exact) mass is 204 g/mol. The fraction of sp³-hybridized carbons (Fsp3) is 0.846. The van der Waals surface area contributed by atoms with Gasteiger partial charge in [0, 0.05) is 11.8 Å². The molecule has 2 heteroatoms. The molecular weight excluding hydrogens is 184 g/mol. The summed E-state index contributed by atoms with van der Waals surface area (Å²) in [5.41, 5.74) is 0. The lowest BCUT2D eigenvalue weighted by atomic mass is 9.91. The molecule has 0 unspecified atom stereocenters. The summed E-state index contributed by atoms with van der Waals surface area (Å²) < 4.78 is 0. The zero-order valence-corrected chi connectivity index (χ0v) is 9.41. The van der Waals surface area contributed by atoms with Crippen LogP contribution in [0.4, 0.5) is 0 Å². The van der Waals surface area contributed by atoms with Crippen LogP contribution in [0.25, 0.3) is 0 Å². The van der Waals surface area contributed by atoms with Crippen LogP contribution in [0.3, 0.4) is 0 Å². The zero-order valence-electron chi connectivity index (χ0n) is 9.41. The van der Waals surface area contributed by atoms with Crippen LogP contribution in [0.5, 0.6) is 0 Å². The predicted molar refractivity (Wildman–Crippen MR) is 59.8 cm³/mol. The molecule has 0 amide bonds. The Morgan fingerprint density at radius 1 is 0.600 bits per heavy atom. The molecule has 0 N–H and O–H groups in total. The van der Waals surface area contributed by atoms with Gasteiger partial charge in [-0.1, -0.05) is 32.1 Å². The summed E-state index contributed by atoms with van der Waals surface area (Å²) >= 11 is 0. The molecule has 0 aromatic carbocycles. The molecule has 2 rings (SSSR count). The van der Waals surface area contributed by atoms with Crippen LogP contribution >= 0.6 is 0 Å². The number of hydrogen-bond acceptors (Lipinski definition) is 2. The maximum Gasteiger partial charge on any atom is 0.0655 e. The summed E-state index contributed by atoms with van der Waals surface area (Å²) in [4.78, 5) is 0. The van der Waals surface area contributed by atoms with Gasteiger partial charge in [0.15, 0.2) is 0 Å². The van der Waals surface area contributed by atoms with Gasteiger partial charge in [0.25, 0.3) is 0 Å². The first-order valence-corrected chi connectivity index (χ1v) is 6.16. The number of nitrogens with zero attached hydrogens (tertiary/aromatic N) is 2. The van der Waals surface area contributed by atoms with Gasteiger partial charge in [0.05, 0.1) is 12.1 Å². The van der Waals surface area contributed by atoms with E-state index in [1.54, 1.807) is 0 Å². The Kier molecular flexibility index (Phi) is 5.86. The van der Waals surface area contributed by atoms with Crippen molar-refractivity contribution in [2.24, 2.45) is 11.8 Å². The predicted octanol–water partition coefficient (Wildman–Crippen LogP) is 3.79. The van der Waals surface area contributed by atoms with Crippen molar-refractivity contribution in [2.45, 2.75) is 57.8 Å². The summed E-state index contributed by atoms with van der Waals surface area (Å²) in [6.45, 7) is 0. The van der Waals surface area contributed by atoms with E-state index in [0.29, 0.717) is 11.8 Å². The molecule has 0 spiro atoms. The van der Waals surface area contributed by atoms with Crippen molar-refractivity contribution in [3.05, 3.63) is 0 Å². The first-order valence-electron chi connectivity index (χ1n) is 6.16. The highest BCUT2D eigenvalue weighted by Crippen LogP contribution is 2.23. The fourth-order valence-corrected chi connectivity index (χ4v) is 2.29. The van der Waals surface area contributed by atoms with Crippen molar-refractivity contribution in [1.29, 1.82) is 10.5 Å². The molecule has 2 aliphatic carbocycles. The number of nitriles is 2. The normalized spacial score (nSPS) is 22.3. The van der Waals surface area contributed by atoms with E-state index in [0.717, 1.165) is 25.7 Å². The van der Waals surface area contributed by atoms with Crippen molar-refractivity contribution >= 4 is 0 Å². The minimum atomic E-state index is 0.392. The fourth-order valence-electron chi connectivity index (χ4n) is 2.29. The lowest BCUT2D eigenvalue weighted by Gasteiger charge is -2.13. The molecule has 0 bridgehead atoms. The van der Waals surface area contributed by atoms with Crippen LogP contribution in [-0.4, -0.2) is 0 Å². The average molecular weight is 204 g/mol. The maximum atomic E-state index is 8.44. The van der Waals surface area contributed by atoms with Gasteiger partial charge in [-0.15, -0.1) is 0 Å². The topological polar surface area (TPSA) is 47.6 Å². The van der Waals surface area contributed by atoms with Gasteiger partial charge in [0.1, 0.15) is 0 Å². The number of hydrogen-bond donors (Lipinski definition) is 0. The van der Waals surface area contributed by atoms with Crippen molar-refractivity contribution in [3.63, 3.8) is 0 Å². The summed E-state index contributed by atoms with van der Waals surface area (Å²) in [6, 6.07) is 4.57. The molecule has 2 saturated carbocycles. The summed E-state index contributed by atoms with van der Waals surface area (Å²) in [7, 11) is 0. The molecule has 0 atom stereocenters. The Morgan fingerprint density at radius 3 is 1.20 bits per heavy atom. The Labute approximate surface area is 92.9 Å². The van der Waals surface area contributed by atoms with E-state index >= 15 is 0 Å². The molecule has 82 valence electrons. The largest absolute Gasteiger partial charge is 0.198 e. The lowest BCUT2D eigenvalue weighted by molar-refractivity contribution is 0.427. The van der Waals surface area contributed by atoms with Crippen LogP contribution < -0.4 is 0 Å². The Morgan fingerprint density at radius 2 is 0.933 bits per heavy atom. The van der Waals surface area contributed by atoms with Crippen LogP contribution in [0.15, 0.2) is 0 Å². The van der Waals surface area contributed by atoms with Crippen molar-refractivity contribution in [1.82, 2.24) is 0 Å². The maximum absolute atomic E-state index is 8.44. The van der Waals surface area contributed by atoms with Crippen molar-refractivity contribution < 1.29 is 0 Å². The zero-order chi connectivity index (χ0) is 10.9. The first-order chi connectivity index (χ1) is 7.36. The quantitative estimate of drug-likeness (QED) is 0.602. The second kappa shape index (κ2) is 7.30. The standard InChI is InChI=1S/C7H11N.C6H9N/c8-6-7-4-2-1-3-5-7;7-5-6-3-1-2-4-6/h7H,1-5H2;6H,1-4H2. The van der Waals surface area contributed by atoms with Gasteiger partial charge < -0.3 is 0 Å². The average Bonchev–Trinajstić information content (AvgIpc) is 2.84. The molecule has 0 heterocycles. The van der Waals surface area contributed by atoms with Crippen LogP contribution in [-0.2, 0) is 0 Å². The smallest absolute Gasteiger partial charge is 0.0655 e. The Bertz CT molecular complexity index is 234. The Hall–Kier alpha value is -1.02. The molecular formula is C13H20N2. The van der Waals surface area contributed by atoms with Gasteiger partial charge in [-0.05, 0) is 25.7 Å². The van der Waals surface area contributed by atoms with E-state index in [2.05, 4.69) is 12.1 Å². The molecule has 0 aromatic heterocycles. The molecule has 0 aliphatic heterocycles. The number of rotatable bonds is 0. The van der Waals surface area contributed by atoms with E-state index in [4.69, 9.17) is 10.5 Å². The minimum Gasteiger partial charge on any atom is -0.198 e. The van der Waals surface area contributed by atoms with E-state index in [9.17, 15) is 0 Å². The van der Waals surface area contributed by atoms with Gasteiger partial charge in [-0.3, -0.25) is 0 Å². The lowest BCUT2D eigenvalue weighted by Crippen LogP contribution is -2.02. The van der Waals surface area contributed by atoms with E-state index < -0.39 is 0 Å².